The maximum Gasteiger partial charge on any atom is 0.410 e. The summed E-state index contributed by atoms with van der Waals surface area (Å²) in [5, 5.41) is 0. The molecule has 10 heteroatoms. The summed E-state index contributed by atoms with van der Waals surface area (Å²) in [6, 6.07) is 8.07. The molecule has 0 bridgehead atoms. The summed E-state index contributed by atoms with van der Waals surface area (Å²) in [5.41, 5.74) is 1.64. The Hall–Kier alpha value is -3.95. The summed E-state index contributed by atoms with van der Waals surface area (Å²) in [4.78, 5) is 26.4. The van der Waals surface area contributed by atoms with Crippen molar-refractivity contribution in [3.8, 4) is 34.5 Å². The van der Waals surface area contributed by atoms with Crippen molar-refractivity contribution >= 4 is 6.09 Å². The van der Waals surface area contributed by atoms with Crippen LogP contribution in [-0.4, -0.2) is 58.4 Å². The van der Waals surface area contributed by atoms with Crippen LogP contribution in [0.1, 0.15) is 32.3 Å². The molecule has 1 aromatic carbocycles. The smallest absolute Gasteiger partial charge is 0.410 e. The molecule has 0 unspecified atom stereocenters. The normalized spacial score (nSPS) is 14.0. The predicted octanol–water partition coefficient (Wildman–Crippen LogP) is 5.18. The van der Waals surface area contributed by atoms with E-state index in [0.29, 0.717) is 54.4 Å². The molecular formula is C26H29FN4O5. The van der Waals surface area contributed by atoms with Crippen LogP contribution >= 0.6 is 0 Å². The summed E-state index contributed by atoms with van der Waals surface area (Å²) in [6.07, 6.45) is 3.61. The van der Waals surface area contributed by atoms with Crippen LogP contribution in [0, 0.1) is 12.7 Å². The molecule has 1 saturated heterocycles. The first-order chi connectivity index (χ1) is 17.4. The van der Waals surface area contributed by atoms with Gasteiger partial charge in [-0.3, -0.25) is 4.98 Å². The van der Waals surface area contributed by atoms with Crippen LogP contribution in [0.25, 0.3) is 11.3 Å². The monoisotopic (exact) mass is 496 g/mol. The third-order valence-electron chi connectivity index (χ3n) is 5.71. The summed E-state index contributed by atoms with van der Waals surface area (Å²) in [6.45, 7) is 6.46. The molecule has 4 rings (SSSR count). The lowest BCUT2D eigenvalue weighted by Gasteiger charge is -2.31. The van der Waals surface area contributed by atoms with Gasteiger partial charge < -0.3 is 23.8 Å². The Bertz CT molecular complexity index is 1210. The molecule has 0 saturated carbocycles. The summed E-state index contributed by atoms with van der Waals surface area (Å²) in [7, 11) is 1.54. The van der Waals surface area contributed by atoms with E-state index >= 15 is 0 Å². The lowest BCUT2D eigenvalue weighted by Crippen LogP contribution is -2.42. The fourth-order valence-electron chi connectivity index (χ4n) is 3.84. The number of carbonyl (C=O) groups is 1. The topological polar surface area (TPSA) is 95.9 Å². The second kappa shape index (κ2) is 11.2. The Labute approximate surface area is 209 Å². The summed E-state index contributed by atoms with van der Waals surface area (Å²) >= 11 is 0. The second-order valence-corrected chi connectivity index (χ2v) is 8.65. The number of likely N-dealkylation sites (tertiary alicyclic amines) is 1. The summed E-state index contributed by atoms with van der Waals surface area (Å²) < 4.78 is 37.4. The number of nitrogens with zero attached hydrogens (tertiary/aromatic N) is 4. The van der Waals surface area contributed by atoms with Crippen molar-refractivity contribution in [2.45, 2.75) is 45.8 Å². The first-order valence-corrected chi connectivity index (χ1v) is 11.8. The third kappa shape index (κ3) is 5.81. The fraction of sp³-hybridized carbons (Fsp3) is 0.385. The lowest BCUT2D eigenvalue weighted by atomic mass is 10.1. The molecule has 0 atom stereocenters. The minimum atomic E-state index is -0.568. The Morgan fingerprint density at radius 3 is 2.53 bits per heavy atom. The molecule has 0 radical (unpaired) electrons. The van der Waals surface area contributed by atoms with Gasteiger partial charge in [-0.15, -0.1) is 0 Å². The van der Waals surface area contributed by atoms with E-state index < -0.39 is 5.82 Å². The van der Waals surface area contributed by atoms with Crippen LogP contribution < -0.4 is 14.2 Å². The molecule has 1 aliphatic rings. The fourth-order valence-corrected chi connectivity index (χ4v) is 3.84. The van der Waals surface area contributed by atoms with Crippen molar-refractivity contribution in [3.05, 3.63) is 54.2 Å². The number of hydrogen-bond donors (Lipinski definition) is 0. The molecule has 1 fully saturated rings. The number of pyridine rings is 1. The maximum absolute atomic E-state index is 14.9. The van der Waals surface area contributed by atoms with E-state index in [1.807, 2.05) is 13.8 Å². The number of hydrogen-bond acceptors (Lipinski definition) is 8. The minimum absolute atomic E-state index is 0.0124. The lowest BCUT2D eigenvalue weighted by molar-refractivity contribution is 0.0505. The highest BCUT2D eigenvalue weighted by Crippen LogP contribution is 2.34. The van der Waals surface area contributed by atoms with E-state index in [-0.39, 0.29) is 29.9 Å². The number of halogens is 1. The molecule has 0 aliphatic carbocycles. The van der Waals surface area contributed by atoms with Gasteiger partial charge in [-0.25, -0.2) is 19.2 Å². The zero-order valence-electron chi connectivity index (χ0n) is 20.7. The number of benzene rings is 1. The number of aromatic nitrogens is 3. The predicted molar refractivity (Wildman–Crippen MR) is 130 cm³/mol. The molecular weight excluding hydrogens is 467 g/mol. The highest BCUT2D eigenvalue weighted by Gasteiger charge is 2.26. The Balaban J connectivity index is 1.43. The molecule has 190 valence electrons. The van der Waals surface area contributed by atoms with Crippen molar-refractivity contribution in [3.63, 3.8) is 0 Å². The highest BCUT2D eigenvalue weighted by atomic mass is 19.1. The Morgan fingerprint density at radius 2 is 1.83 bits per heavy atom. The molecule has 9 nitrogen and oxygen atoms in total. The second-order valence-electron chi connectivity index (χ2n) is 8.65. The van der Waals surface area contributed by atoms with Crippen molar-refractivity contribution in [2.75, 3.05) is 20.2 Å². The van der Waals surface area contributed by atoms with Crippen molar-refractivity contribution in [1.82, 2.24) is 19.9 Å². The molecule has 3 heterocycles. The van der Waals surface area contributed by atoms with Crippen LogP contribution in [0.15, 0.2) is 42.9 Å². The SMILES string of the molecule is COc1cccnc1-c1ccc(Oc2ncnc(OC3CCN(C(=O)OC(C)C)CC3)c2C)c(F)c1. The van der Waals surface area contributed by atoms with Crippen molar-refractivity contribution < 1.29 is 28.1 Å². The van der Waals surface area contributed by atoms with Gasteiger partial charge >= 0.3 is 6.09 Å². The van der Waals surface area contributed by atoms with Gasteiger partial charge in [0.05, 0.1) is 18.8 Å². The standard InChI is InChI=1S/C26H29FN4O5/c1-16(2)34-26(32)31-12-9-19(10-13-31)35-24-17(3)25(30-15-29-24)36-21-8-7-18(14-20(21)27)23-22(33-4)6-5-11-28-23/h5-8,11,14-16,19H,9-10,12-13H2,1-4H3. The quantitative estimate of drug-likeness (QED) is 0.442. The van der Waals surface area contributed by atoms with Crippen LogP contribution in [0.4, 0.5) is 9.18 Å². The van der Waals surface area contributed by atoms with E-state index in [0.717, 1.165) is 0 Å². The maximum atomic E-state index is 14.9. The highest BCUT2D eigenvalue weighted by molar-refractivity contribution is 5.68. The van der Waals surface area contributed by atoms with Crippen molar-refractivity contribution in [1.29, 1.82) is 0 Å². The van der Waals surface area contributed by atoms with Crippen LogP contribution in [-0.2, 0) is 4.74 Å². The molecule has 0 spiro atoms. The van der Waals surface area contributed by atoms with E-state index in [9.17, 15) is 9.18 Å². The van der Waals surface area contributed by atoms with Gasteiger partial charge in [0.15, 0.2) is 11.6 Å². The minimum Gasteiger partial charge on any atom is -0.494 e. The third-order valence-corrected chi connectivity index (χ3v) is 5.71. The number of amides is 1. The molecule has 0 N–H and O–H groups in total. The average Bonchev–Trinajstić information content (AvgIpc) is 2.87. The Kier molecular flexibility index (Phi) is 7.82. The van der Waals surface area contributed by atoms with E-state index in [1.165, 1.54) is 25.6 Å². The van der Waals surface area contributed by atoms with Gasteiger partial charge in [-0.05, 0) is 51.1 Å². The number of ether oxygens (including phenoxy) is 4. The van der Waals surface area contributed by atoms with Gasteiger partial charge in [0.1, 0.15) is 23.9 Å². The van der Waals surface area contributed by atoms with Gasteiger partial charge in [-0.2, -0.15) is 0 Å². The number of piperidine rings is 1. The van der Waals surface area contributed by atoms with Gasteiger partial charge in [0.2, 0.25) is 11.8 Å². The average molecular weight is 497 g/mol. The van der Waals surface area contributed by atoms with Crippen LogP contribution in [0.5, 0.6) is 23.3 Å². The first-order valence-electron chi connectivity index (χ1n) is 11.8. The van der Waals surface area contributed by atoms with Crippen LogP contribution in [0.2, 0.25) is 0 Å². The van der Waals surface area contributed by atoms with Gasteiger partial charge in [-0.1, -0.05) is 0 Å². The zero-order chi connectivity index (χ0) is 25.7. The van der Waals surface area contributed by atoms with E-state index in [1.54, 1.807) is 36.2 Å². The zero-order valence-corrected chi connectivity index (χ0v) is 20.7. The number of methoxy groups -OCH3 is 1. The largest absolute Gasteiger partial charge is 0.494 e. The van der Waals surface area contributed by atoms with Gasteiger partial charge in [0.25, 0.3) is 0 Å². The number of rotatable bonds is 7. The van der Waals surface area contributed by atoms with E-state index in [4.69, 9.17) is 18.9 Å². The van der Waals surface area contributed by atoms with Gasteiger partial charge in [0, 0.05) is 37.7 Å². The number of carbonyl (C=O) groups excluding carboxylic acids is 1. The molecule has 36 heavy (non-hydrogen) atoms. The van der Waals surface area contributed by atoms with Crippen LogP contribution in [0.3, 0.4) is 0 Å². The molecule has 1 amide bonds. The summed E-state index contributed by atoms with van der Waals surface area (Å²) in [5.74, 6) is 0.542. The first kappa shape index (κ1) is 25.2. The molecule has 2 aromatic heterocycles. The molecule has 3 aromatic rings. The molecule has 1 aliphatic heterocycles. The Morgan fingerprint density at radius 1 is 1.08 bits per heavy atom. The van der Waals surface area contributed by atoms with E-state index in [2.05, 4.69) is 15.0 Å². The van der Waals surface area contributed by atoms with Crippen molar-refractivity contribution in [2.24, 2.45) is 0 Å².